The number of aryl methyl sites for hydroxylation is 3. The number of amides is 1. The van der Waals surface area contributed by atoms with Crippen LogP contribution in [0.2, 0.25) is 0 Å². The fourth-order valence-electron chi connectivity index (χ4n) is 9.25. The Morgan fingerprint density at radius 1 is 0.700 bits per heavy atom. The van der Waals surface area contributed by atoms with Crippen LogP contribution in [0.25, 0.3) is 33.8 Å². The Labute approximate surface area is 429 Å². The number of carbonyl (C=O) groups is 2. The Morgan fingerprint density at radius 3 is 1.79 bits per heavy atom. The van der Waals surface area contributed by atoms with Gasteiger partial charge < -0.3 is 20.6 Å². The molecule has 0 radical (unpaired) electrons. The van der Waals surface area contributed by atoms with Gasteiger partial charge in [0.05, 0.1) is 6.04 Å². The van der Waals surface area contributed by atoms with Gasteiger partial charge in [-0.15, -0.1) is 24.0 Å². The third-order valence-corrected chi connectivity index (χ3v) is 13.3. The highest BCUT2D eigenvalue weighted by molar-refractivity contribution is 14.0. The number of carboxylic acid groups (broad SMARTS) is 1. The number of likely N-dealkylation sites (tertiary alicyclic amines) is 1. The number of hydrogen-bond acceptors (Lipinski definition) is 10. The molecule has 0 saturated carbocycles. The van der Waals surface area contributed by atoms with Crippen LogP contribution in [0.3, 0.4) is 0 Å². The van der Waals surface area contributed by atoms with E-state index >= 15 is 0 Å². The van der Waals surface area contributed by atoms with Crippen molar-refractivity contribution >= 4 is 53.1 Å². The monoisotopic (exact) mass is 1060 g/mol. The molecule has 2 aliphatic heterocycles. The number of rotatable bonds is 12. The number of nitrogens with one attached hydrogen (secondary N) is 2. The van der Waals surface area contributed by atoms with Crippen LogP contribution in [0.5, 0.6) is 0 Å². The van der Waals surface area contributed by atoms with Crippen molar-refractivity contribution in [2.45, 2.75) is 91.1 Å². The molecule has 70 heavy (non-hydrogen) atoms. The van der Waals surface area contributed by atoms with E-state index in [0.29, 0.717) is 41.5 Å². The van der Waals surface area contributed by atoms with Crippen LogP contribution in [-0.2, 0) is 19.3 Å². The summed E-state index contributed by atoms with van der Waals surface area (Å²) in [7, 11) is 0. The lowest BCUT2D eigenvalue weighted by atomic mass is 9.90. The first-order valence-electron chi connectivity index (χ1n) is 24.4. The van der Waals surface area contributed by atoms with Gasteiger partial charge in [0.1, 0.15) is 34.2 Å². The number of benzene rings is 2. The van der Waals surface area contributed by atoms with E-state index in [4.69, 9.17) is 4.98 Å². The van der Waals surface area contributed by atoms with Crippen molar-refractivity contribution in [1.82, 2.24) is 48.9 Å². The van der Waals surface area contributed by atoms with Crippen molar-refractivity contribution in [3.05, 3.63) is 163 Å². The molecular weight excluding hydrogens is 990 g/mol. The van der Waals surface area contributed by atoms with Crippen LogP contribution >= 0.6 is 24.0 Å². The number of halogens is 1. The third kappa shape index (κ3) is 12.4. The summed E-state index contributed by atoms with van der Waals surface area (Å²) < 4.78 is 3.51. The van der Waals surface area contributed by atoms with Gasteiger partial charge >= 0.3 is 5.97 Å². The number of carboxylic acids is 1. The highest BCUT2D eigenvalue weighted by atomic mass is 127. The summed E-state index contributed by atoms with van der Waals surface area (Å²) in [4.78, 5) is 54.5. The maximum Gasteiger partial charge on any atom is 0.355 e. The smallest absolute Gasteiger partial charge is 0.355 e. The van der Waals surface area contributed by atoms with Crippen LogP contribution in [0, 0.1) is 11.8 Å². The Morgan fingerprint density at radius 2 is 1.23 bits per heavy atom. The zero-order valence-electron chi connectivity index (χ0n) is 40.5. The fourth-order valence-corrected chi connectivity index (χ4v) is 9.25. The molecule has 0 spiro atoms. The van der Waals surface area contributed by atoms with E-state index in [1.165, 1.54) is 24.9 Å². The second-order valence-corrected chi connectivity index (χ2v) is 17.9. The molecular formula is C55H66IN11O3. The minimum Gasteiger partial charge on any atom is -0.476 e. The normalized spacial score (nSPS) is 17.6. The van der Waals surface area contributed by atoms with E-state index in [1.807, 2.05) is 125 Å². The van der Waals surface area contributed by atoms with Gasteiger partial charge in [-0.25, -0.2) is 34.7 Å². The van der Waals surface area contributed by atoms with Gasteiger partial charge in [-0.05, 0) is 98.7 Å². The largest absolute Gasteiger partial charge is 0.476 e. The SMILES string of the molecule is CCc1cnc(CC[C@H]2NCCC[C@H]2C)nc1.CCc1cnc(NC[C@@H]2[C@H](C)CCCN2C(=O)c2c(-c3ccccc3)nc3ccccn23)nc1.I.O=C(O)c1c(-c2ccccc2)nc2ccccn12.[2HH]. The van der Waals surface area contributed by atoms with Crippen LogP contribution in [0.4, 0.5) is 5.95 Å². The van der Waals surface area contributed by atoms with Crippen molar-refractivity contribution in [3.8, 4) is 22.5 Å². The molecule has 15 heteroatoms. The lowest BCUT2D eigenvalue weighted by molar-refractivity contribution is 0.0533. The van der Waals surface area contributed by atoms with Gasteiger partial charge in [-0.1, -0.05) is 100 Å². The van der Waals surface area contributed by atoms with Gasteiger partial charge in [-0.3, -0.25) is 13.6 Å². The van der Waals surface area contributed by atoms with E-state index in [2.05, 4.69) is 63.2 Å². The average Bonchev–Trinajstić information content (AvgIpc) is 3.99. The number of anilines is 1. The first-order valence-corrected chi connectivity index (χ1v) is 24.4. The zero-order valence-corrected chi connectivity index (χ0v) is 42.8. The summed E-state index contributed by atoms with van der Waals surface area (Å²) in [6.45, 7) is 11.3. The summed E-state index contributed by atoms with van der Waals surface area (Å²) in [6, 6.07) is 31.2. The van der Waals surface area contributed by atoms with Crippen molar-refractivity contribution in [3.63, 3.8) is 0 Å². The van der Waals surface area contributed by atoms with Crippen LogP contribution in [-0.4, -0.2) is 92.3 Å². The van der Waals surface area contributed by atoms with E-state index < -0.39 is 5.97 Å². The van der Waals surface area contributed by atoms with Gasteiger partial charge in [0.25, 0.3) is 5.91 Å². The highest BCUT2D eigenvalue weighted by Gasteiger charge is 2.35. The number of pyridine rings is 2. The number of imidazole rings is 2. The quantitative estimate of drug-likeness (QED) is 0.0996. The summed E-state index contributed by atoms with van der Waals surface area (Å²) in [5.74, 6) is 1.77. The van der Waals surface area contributed by atoms with Crippen molar-refractivity contribution in [2.75, 3.05) is 25.0 Å². The Balaban J connectivity index is 0.000000189. The second-order valence-electron chi connectivity index (χ2n) is 17.9. The van der Waals surface area contributed by atoms with Crippen LogP contribution in [0.15, 0.2) is 134 Å². The molecule has 10 rings (SSSR count). The van der Waals surface area contributed by atoms with E-state index in [1.54, 1.807) is 22.7 Å². The van der Waals surface area contributed by atoms with Gasteiger partial charge in [-0.2, -0.15) is 0 Å². The van der Waals surface area contributed by atoms with Gasteiger partial charge in [0.15, 0.2) is 5.69 Å². The fraction of sp³-hybridized carbons (Fsp3) is 0.345. The first-order chi connectivity index (χ1) is 33.7. The predicted molar refractivity (Wildman–Crippen MR) is 289 cm³/mol. The first kappa shape index (κ1) is 51.3. The molecule has 0 aliphatic carbocycles. The molecule has 2 aliphatic rings. The molecule has 0 unspecified atom stereocenters. The van der Waals surface area contributed by atoms with Crippen LogP contribution < -0.4 is 10.6 Å². The molecule has 6 aromatic heterocycles. The van der Waals surface area contributed by atoms with Crippen molar-refractivity contribution in [2.24, 2.45) is 11.8 Å². The molecule has 2 fully saturated rings. The summed E-state index contributed by atoms with van der Waals surface area (Å²) in [6.07, 6.45) is 20.1. The molecule has 4 atom stereocenters. The van der Waals surface area contributed by atoms with E-state index in [9.17, 15) is 14.7 Å². The van der Waals surface area contributed by atoms with Gasteiger partial charge in [0.2, 0.25) is 5.95 Å². The molecule has 2 aromatic carbocycles. The summed E-state index contributed by atoms with van der Waals surface area (Å²) in [5, 5.41) is 16.3. The molecule has 8 aromatic rings. The molecule has 3 N–H and O–H groups in total. The Bertz CT molecular complexity index is 2920. The third-order valence-electron chi connectivity index (χ3n) is 13.3. The minimum atomic E-state index is -0.979. The summed E-state index contributed by atoms with van der Waals surface area (Å²) >= 11 is 0. The number of carbonyl (C=O) groups excluding carboxylic acids is 1. The van der Waals surface area contributed by atoms with Gasteiger partial charge in [0, 0.05) is 75.3 Å². The Hall–Kier alpha value is -6.59. The zero-order chi connectivity index (χ0) is 48.1. The number of piperidine rings is 2. The second kappa shape index (κ2) is 24.8. The highest BCUT2D eigenvalue weighted by Crippen LogP contribution is 2.31. The lowest BCUT2D eigenvalue weighted by Crippen LogP contribution is -2.51. The van der Waals surface area contributed by atoms with E-state index in [0.717, 1.165) is 84.8 Å². The lowest BCUT2D eigenvalue weighted by Gasteiger charge is -2.40. The minimum absolute atomic E-state index is 0. The maximum absolute atomic E-state index is 14.1. The summed E-state index contributed by atoms with van der Waals surface area (Å²) in [5.41, 5.74) is 7.50. The molecule has 1 amide bonds. The molecule has 0 bridgehead atoms. The average molecular weight is 1060 g/mol. The molecule has 14 nitrogen and oxygen atoms in total. The molecule has 366 valence electrons. The number of nitrogens with zero attached hydrogens (tertiary/aromatic N) is 9. The predicted octanol–water partition coefficient (Wildman–Crippen LogP) is 10.6. The molecule has 8 heterocycles. The van der Waals surface area contributed by atoms with E-state index in [-0.39, 0.29) is 43.0 Å². The van der Waals surface area contributed by atoms with Crippen LogP contribution in [0.1, 0.15) is 99.2 Å². The van der Waals surface area contributed by atoms with Crippen molar-refractivity contribution < 1.29 is 16.1 Å². The van der Waals surface area contributed by atoms with Crippen molar-refractivity contribution in [1.29, 1.82) is 0 Å². The standard InChI is InChI=1S/C27H30N6O.C14H23N3.C14H10N2O2.HI.H2/c1-3-20-16-28-27(29-17-20)30-18-22-19(2)10-9-15-32(22)26(34)25-24(21-11-5-4-6-12-21)31-23-13-7-8-14-33(23)25;1-3-12-9-16-14(17-10-12)7-6-13-11(2)5-4-8-15-13;17-14(18)13-12(10-6-2-1-3-7-10)15-11-8-4-5-9-16(11)13;;/h4-8,11-14,16-17,19,22H,3,9-10,15,18H2,1-2H3,(H,28,29,30);9-11,13,15H,3-8H2,1-2H3;1-9H,(H,17,18);2*1H/t19-,22-;11-,13-;;;/m11.../s1/i;;;;1+1. The number of fused-ring (bicyclic) bond motifs is 2. The Kier molecular flexibility index (Phi) is 18.2. The number of hydrogen-bond donors (Lipinski definition) is 3. The molecule has 2 saturated heterocycles. The maximum atomic E-state index is 14.1. The topological polar surface area (TPSA) is 168 Å². The number of aromatic nitrogens is 8. The number of aromatic carboxylic acids is 1.